The van der Waals surface area contributed by atoms with Gasteiger partial charge in [-0.25, -0.2) is 0 Å². The maximum absolute atomic E-state index is 3.65. The van der Waals surface area contributed by atoms with E-state index < -0.39 is 0 Å². The third-order valence-corrected chi connectivity index (χ3v) is 7.41. The van der Waals surface area contributed by atoms with Crippen LogP contribution in [0.25, 0.3) is 16.7 Å². The van der Waals surface area contributed by atoms with Crippen molar-refractivity contribution in [3.05, 3.63) is 149 Å². The van der Waals surface area contributed by atoms with Crippen molar-refractivity contribution in [3.63, 3.8) is 0 Å². The number of nitrogens with one attached hydrogen (secondary N) is 3. The lowest BCUT2D eigenvalue weighted by atomic mass is 9.90. The number of allylic oxidation sites excluding steroid dienone is 14. The molecule has 3 nitrogen and oxygen atoms in total. The van der Waals surface area contributed by atoms with Gasteiger partial charge in [-0.1, -0.05) is 103 Å². The van der Waals surface area contributed by atoms with Crippen molar-refractivity contribution >= 4 is 16.7 Å². The van der Waals surface area contributed by atoms with Crippen molar-refractivity contribution in [1.82, 2.24) is 16.0 Å². The minimum Gasteiger partial charge on any atom is -0.372 e. The van der Waals surface area contributed by atoms with Gasteiger partial charge < -0.3 is 10.6 Å². The summed E-state index contributed by atoms with van der Waals surface area (Å²) in [5.74, 6) is 0. The smallest absolute Gasteiger partial charge is 0.0805 e. The fraction of sp³-hybridized carbons (Fsp3) is 0.243. The summed E-state index contributed by atoms with van der Waals surface area (Å²) in [5.41, 5.74) is 11.5. The largest absolute Gasteiger partial charge is 0.372 e. The molecule has 0 saturated heterocycles. The van der Waals surface area contributed by atoms with Crippen LogP contribution in [-0.4, -0.2) is 19.9 Å². The van der Waals surface area contributed by atoms with Crippen molar-refractivity contribution in [2.75, 3.05) is 13.7 Å². The first-order chi connectivity index (χ1) is 19.6. The Morgan fingerprint density at radius 2 is 1.68 bits per heavy atom. The quantitative estimate of drug-likeness (QED) is 0.214. The van der Waals surface area contributed by atoms with Gasteiger partial charge in [-0.2, -0.15) is 0 Å². The Kier molecular flexibility index (Phi) is 10.9. The van der Waals surface area contributed by atoms with Gasteiger partial charge in [0.2, 0.25) is 0 Å². The number of rotatable bonds is 10. The van der Waals surface area contributed by atoms with Gasteiger partial charge in [0, 0.05) is 11.3 Å². The van der Waals surface area contributed by atoms with E-state index in [1.807, 2.05) is 20.0 Å². The van der Waals surface area contributed by atoms with E-state index in [1.54, 1.807) is 0 Å². The predicted molar refractivity (Wildman–Crippen MR) is 174 cm³/mol. The van der Waals surface area contributed by atoms with Crippen molar-refractivity contribution in [2.24, 2.45) is 0 Å². The Morgan fingerprint density at radius 3 is 2.48 bits per heavy atom. The normalized spacial score (nSPS) is 21.0. The van der Waals surface area contributed by atoms with E-state index in [1.165, 1.54) is 44.6 Å². The highest BCUT2D eigenvalue weighted by atomic mass is 15.2. The Morgan fingerprint density at radius 1 is 0.900 bits per heavy atom. The SMILES string of the molecule is C/C=C\C=C(/C)C(NC)NCNC1=C(c2cccc(/C3=C/C/C(c4ccccc4)=C(C)\C=C/C3)c2)C=CCC=C1. The van der Waals surface area contributed by atoms with Gasteiger partial charge in [0.25, 0.3) is 0 Å². The molecule has 3 N–H and O–H groups in total. The zero-order valence-corrected chi connectivity index (χ0v) is 24.4. The standard InChI is InChI=1S/C37H43N3/c1-5-6-15-29(3)37(38-4)40-27-39-36-23-12-8-11-22-35(36)33-21-14-20-32(26-33)30-19-13-16-28(2)34(25-24-30)31-17-9-7-10-18-31/h5-7,9-18,20-24,26,37-40H,8,19,25,27H2,1-4H3/b6-5-,16-13-,29-15+,30-24+,34-28+. The molecule has 2 aliphatic rings. The Labute approximate surface area is 241 Å². The average molecular weight is 530 g/mol. The molecular formula is C37H43N3. The van der Waals surface area contributed by atoms with Crippen molar-refractivity contribution in [1.29, 1.82) is 0 Å². The number of benzene rings is 2. The summed E-state index contributed by atoms with van der Waals surface area (Å²) < 4.78 is 0. The van der Waals surface area contributed by atoms with Crippen LogP contribution in [-0.2, 0) is 0 Å². The first-order valence-corrected chi connectivity index (χ1v) is 14.3. The topological polar surface area (TPSA) is 36.1 Å². The van der Waals surface area contributed by atoms with Crippen LogP contribution in [0.5, 0.6) is 0 Å². The third-order valence-electron chi connectivity index (χ3n) is 7.41. The molecule has 0 spiro atoms. The van der Waals surface area contributed by atoms with Crippen LogP contribution >= 0.6 is 0 Å². The highest BCUT2D eigenvalue weighted by molar-refractivity contribution is 5.82. The van der Waals surface area contributed by atoms with Crippen LogP contribution in [0.2, 0.25) is 0 Å². The molecule has 0 saturated carbocycles. The summed E-state index contributed by atoms with van der Waals surface area (Å²) in [6.07, 6.45) is 25.0. The molecule has 4 rings (SSSR count). The first kappa shape index (κ1) is 29.1. The number of hydrogen-bond acceptors (Lipinski definition) is 3. The number of likely N-dealkylation sites (N-methyl/N-ethyl adjacent to an activating group) is 1. The molecule has 2 aromatic rings. The molecule has 0 bridgehead atoms. The van der Waals surface area contributed by atoms with E-state index in [4.69, 9.17) is 0 Å². The van der Waals surface area contributed by atoms with Crippen molar-refractivity contribution in [2.45, 2.75) is 46.2 Å². The molecule has 1 unspecified atom stereocenters. The summed E-state index contributed by atoms with van der Waals surface area (Å²) >= 11 is 0. The molecule has 0 radical (unpaired) electrons. The minimum absolute atomic E-state index is 0.0964. The fourth-order valence-corrected chi connectivity index (χ4v) is 5.16. The van der Waals surface area contributed by atoms with E-state index in [0.717, 1.165) is 25.0 Å². The second kappa shape index (κ2) is 15.0. The lowest BCUT2D eigenvalue weighted by molar-refractivity contribution is 0.495. The van der Waals surface area contributed by atoms with Crippen LogP contribution in [0.3, 0.4) is 0 Å². The summed E-state index contributed by atoms with van der Waals surface area (Å²) in [7, 11) is 1.98. The van der Waals surface area contributed by atoms with Crippen LogP contribution in [0.4, 0.5) is 0 Å². The maximum atomic E-state index is 3.65. The van der Waals surface area contributed by atoms with Crippen LogP contribution in [0, 0.1) is 0 Å². The monoisotopic (exact) mass is 529 g/mol. The summed E-state index contributed by atoms with van der Waals surface area (Å²) in [6, 6.07) is 19.7. The van der Waals surface area contributed by atoms with Gasteiger partial charge in [0.15, 0.2) is 0 Å². The lowest BCUT2D eigenvalue weighted by Gasteiger charge is -2.21. The van der Waals surface area contributed by atoms with Crippen LogP contribution in [0.1, 0.15) is 56.7 Å². The van der Waals surface area contributed by atoms with Gasteiger partial charge in [0.05, 0.1) is 12.8 Å². The highest BCUT2D eigenvalue weighted by Crippen LogP contribution is 2.31. The Hall–Kier alpha value is -3.92. The van der Waals surface area contributed by atoms with Gasteiger partial charge in [-0.3, -0.25) is 5.32 Å². The molecule has 0 aromatic heterocycles. The Balaban J connectivity index is 1.57. The van der Waals surface area contributed by atoms with Gasteiger partial charge in [-0.05, 0) is 98.2 Å². The van der Waals surface area contributed by atoms with Gasteiger partial charge >= 0.3 is 0 Å². The average Bonchev–Trinajstić information content (AvgIpc) is 3.22. The molecule has 2 aliphatic carbocycles. The molecule has 0 fully saturated rings. The minimum atomic E-state index is 0.0964. The first-order valence-electron chi connectivity index (χ1n) is 14.3. The Bertz CT molecular complexity index is 1390. The molecule has 3 heteroatoms. The van der Waals surface area contributed by atoms with Crippen LogP contribution < -0.4 is 16.0 Å². The fourth-order valence-electron chi connectivity index (χ4n) is 5.16. The lowest BCUT2D eigenvalue weighted by Crippen LogP contribution is -2.45. The zero-order valence-electron chi connectivity index (χ0n) is 24.4. The molecule has 206 valence electrons. The second-order valence-corrected chi connectivity index (χ2v) is 10.2. The third kappa shape index (κ3) is 7.81. The summed E-state index contributed by atoms with van der Waals surface area (Å²) in [6.45, 7) is 7.04. The summed E-state index contributed by atoms with van der Waals surface area (Å²) in [5, 5.41) is 10.6. The summed E-state index contributed by atoms with van der Waals surface area (Å²) in [4.78, 5) is 0. The molecule has 1 atom stereocenters. The van der Waals surface area contributed by atoms with Gasteiger partial charge in [-0.15, -0.1) is 0 Å². The molecule has 0 amide bonds. The van der Waals surface area contributed by atoms with E-state index in [-0.39, 0.29) is 6.17 Å². The molecule has 0 aliphatic heterocycles. The molecule has 2 aromatic carbocycles. The second-order valence-electron chi connectivity index (χ2n) is 10.2. The van der Waals surface area contributed by atoms with Crippen LogP contribution in [0.15, 0.2) is 132 Å². The molecule has 40 heavy (non-hydrogen) atoms. The molecular weight excluding hydrogens is 486 g/mol. The highest BCUT2D eigenvalue weighted by Gasteiger charge is 2.12. The van der Waals surface area contributed by atoms with E-state index in [0.29, 0.717) is 6.67 Å². The van der Waals surface area contributed by atoms with Crippen molar-refractivity contribution in [3.8, 4) is 0 Å². The predicted octanol–water partition coefficient (Wildman–Crippen LogP) is 8.33. The van der Waals surface area contributed by atoms with E-state index in [2.05, 4.69) is 139 Å². The van der Waals surface area contributed by atoms with E-state index >= 15 is 0 Å². The maximum Gasteiger partial charge on any atom is 0.0805 e. The van der Waals surface area contributed by atoms with Crippen molar-refractivity contribution < 1.29 is 0 Å². The molecule has 0 heterocycles. The van der Waals surface area contributed by atoms with E-state index in [9.17, 15) is 0 Å². The zero-order chi connectivity index (χ0) is 28.2. The number of hydrogen-bond donors (Lipinski definition) is 3. The van der Waals surface area contributed by atoms with Gasteiger partial charge in [0.1, 0.15) is 0 Å².